The molecule has 0 atom stereocenters. The van der Waals surface area contributed by atoms with Crippen LogP contribution in [0.15, 0.2) is 267 Å². The SMILES string of the molecule is CC1(C)c2cc(N(c3cc(-c4c(-c5ccccc5)cccc4-c4ccccc4)cc(N(c4ccccc4)c4ccccc4)c3)c3ccc4ccccc4c3)ccc2-c2c(-c3ccccc3)cccc21. The highest BCUT2D eigenvalue weighted by Crippen LogP contribution is 2.54. The summed E-state index contributed by atoms with van der Waals surface area (Å²) in [5, 5.41) is 2.40. The Hall–Kier alpha value is -8.72. The minimum absolute atomic E-state index is 0.246. The summed E-state index contributed by atoms with van der Waals surface area (Å²) in [6.45, 7) is 4.77. The van der Waals surface area contributed by atoms with E-state index in [1.165, 1.54) is 72.0 Å². The molecule has 0 heterocycles. The summed E-state index contributed by atoms with van der Waals surface area (Å²) in [6.07, 6.45) is 0. The Morgan fingerprint density at radius 3 is 1.23 bits per heavy atom. The van der Waals surface area contributed by atoms with Crippen molar-refractivity contribution < 1.29 is 0 Å². The summed E-state index contributed by atoms with van der Waals surface area (Å²) in [7, 11) is 0. The first-order valence-corrected chi connectivity index (χ1v) is 23.9. The second kappa shape index (κ2) is 17.5. The Morgan fingerprint density at radius 1 is 0.246 bits per heavy atom. The van der Waals surface area contributed by atoms with Crippen molar-refractivity contribution in [3.05, 3.63) is 278 Å². The number of nitrogens with zero attached hydrogens (tertiary/aromatic N) is 2. The van der Waals surface area contributed by atoms with Crippen LogP contribution in [0.1, 0.15) is 25.0 Å². The quantitative estimate of drug-likeness (QED) is 0.135. The Morgan fingerprint density at radius 2 is 0.681 bits per heavy atom. The van der Waals surface area contributed by atoms with Gasteiger partial charge in [0.2, 0.25) is 0 Å². The van der Waals surface area contributed by atoms with Crippen molar-refractivity contribution >= 4 is 44.9 Å². The highest BCUT2D eigenvalue weighted by atomic mass is 15.2. The lowest BCUT2D eigenvalue weighted by molar-refractivity contribution is 0.660. The lowest BCUT2D eigenvalue weighted by Crippen LogP contribution is -2.17. The highest BCUT2D eigenvalue weighted by molar-refractivity contribution is 6.00. The number of anilines is 6. The van der Waals surface area contributed by atoms with Gasteiger partial charge in [-0.15, -0.1) is 0 Å². The first-order chi connectivity index (χ1) is 34.0. The third kappa shape index (κ3) is 7.57. The average molecular weight is 883 g/mol. The van der Waals surface area contributed by atoms with E-state index in [0.29, 0.717) is 0 Å². The van der Waals surface area contributed by atoms with Crippen molar-refractivity contribution in [1.82, 2.24) is 0 Å². The molecule has 328 valence electrons. The molecule has 0 bridgehead atoms. The number of benzene rings is 11. The molecule has 0 saturated carbocycles. The van der Waals surface area contributed by atoms with Crippen LogP contribution in [-0.2, 0) is 5.41 Å². The van der Waals surface area contributed by atoms with Crippen molar-refractivity contribution in [2.24, 2.45) is 0 Å². The summed E-state index contributed by atoms with van der Waals surface area (Å²) >= 11 is 0. The zero-order chi connectivity index (χ0) is 46.3. The van der Waals surface area contributed by atoms with E-state index < -0.39 is 0 Å². The van der Waals surface area contributed by atoms with E-state index in [0.717, 1.165) is 39.7 Å². The van der Waals surface area contributed by atoms with Crippen molar-refractivity contribution in [1.29, 1.82) is 0 Å². The molecule has 1 aliphatic rings. The molecule has 0 aromatic heterocycles. The van der Waals surface area contributed by atoms with Gasteiger partial charge >= 0.3 is 0 Å². The molecule has 1 aliphatic carbocycles. The molecule has 12 rings (SSSR count). The molecule has 0 spiro atoms. The van der Waals surface area contributed by atoms with Crippen LogP contribution < -0.4 is 9.80 Å². The third-order valence-electron chi connectivity index (χ3n) is 14.0. The fourth-order valence-electron chi connectivity index (χ4n) is 10.7. The minimum atomic E-state index is -0.246. The van der Waals surface area contributed by atoms with Gasteiger partial charge in [-0.2, -0.15) is 0 Å². The molecule has 0 aliphatic heterocycles. The van der Waals surface area contributed by atoms with E-state index in [1.807, 2.05) is 0 Å². The Balaban J connectivity index is 1.16. The predicted octanol–water partition coefficient (Wildman–Crippen LogP) is 18.8. The van der Waals surface area contributed by atoms with Crippen LogP contribution >= 0.6 is 0 Å². The number of fused-ring (bicyclic) bond motifs is 4. The minimum Gasteiger partial charge on any atom is -0.310 e. The molecular formula is C67H50N2. The molecule has 0 fully saturated rings. The van der Waals surface area contributed by atoms with Gasteiger partial charge in [0.15, 0.2) is 0 Å². The molecule has 11 aromatic rings. The summed E-state index contributed by atoms with van der Waals surface area (Å²) < 4.78 is 0. The van der Waals surface area contributed by atoms with Gasteiger partial charge in [-0.3, -0.25) is 0 Å². The Kier molecular flexibility index (Phi) is 10.6. The standard InChI is InChI=1S/C67H50N2/c1-67(2)63-37-21-36-61(50-27-12-5-13-28-50)66(63)62-41-40-56(46-64(62)67)69(55-39-38-47-22-18-19-29-51(47)42-55)58-44-52(43-57(45-58)68(53-30-14-6-15-31-53)54-32-16-7-17-33-54)65-59(48-23-8-3-9-24-48)34-20-35-60(65)49-25-10-4-11-26-49/h3-46H,1-2H3. The van der Waals surface area contributed by atoms with Gasteiger partial charge < -0.3 is 9.80 Å². The van der Waals surface area contributed by atoms with Crippen molar-refractivity contribution in [3.63, 3.8) is 0 Å². The zero-order valence-corrected chi connectivity index (χ0v) is 38.8. The number of hydrogen-bond acceptors (Lipinski definition) is 2. The Bertz CT molecular complexity index is 3520. The van der Waals surface area contributed by atoms with E-state index in [4.69, 9.17) is 0 Å². The van der Waals surface area contributed by atoms with Gasteiger partial charge in [-0.1, -0.05) is 214 Å². The Labute approximate surface area is 405 Å². The second-order valence-corrected chi connectivity index (χ2v) is 18.5. The summed E-state index contributed by atoms with van der Waals surface area (Å²) in [5.74, 6) is 0. The van der Waals surface area contributed by atoms with Crippen LogP contribution in [0, 0.1) is 0 Å². The average Bonchev–Trinajstić information content (AvgIpc) is 3.65. The van der Waals surface area contributed by atoms with Gasteiger partial charge in [0.25, 0.3) is 0 Å². The van der Waals surface area contributed by atoms with Crippen molar-refractivity contribution in [2.45, 2.75) is 19.3 Å². The van der Waals surface area contributed by atoms with Crippen molar-refractivity contribution in [3.8, 4) is 55.6 Å². The van der Waals surface area contributed by atoms with Crippen LogP contribution in [0.2, 0.25) is 0 Å². The van der Waals surface area contributed by atoms with Crippen LogP contribution in [0.4, 0.5) is 34.1 Å². The van der Waals surface area contributed by atoms with Crippen LogP contribution in [-0.4, -0.2) is 0 Å². The highest BCUT2D eigenvalue weighted by Gasteiger charge is 2.37. The van der Waals surface area contributed by atoms with Crippen LogP contribution in [0.25, 0.3) is 66.4 Å². The monoisotopic (exact) mass is 882 g/mol. The summed E-state index contributed by atoms with van der Waals surface area (Å²) in [6, 6.07) is 97.6. The molecule has 69 heavy (non-hydrogen) atoms. The maximum absolute atomic E-state index is 2.48. The molecule has 0 N–H and O–H groups in total. The number of rotatable bonds is 10. The lowest BCUT2D eigenvalue weighted by Gasteiger charge is -2.31. The fraction of sp³-hybridized carbons (Fsp3) is 0.0448. The first kappa shape index (κ1) is 41.7. The van der Waals surface area contributed by atoms with Gasteiger partial charge in [-0.25, -0.2) is 0 Å². The normalized spacial score (nSPS) is 12.3. The predicted molar refractivity (Wildman–Crippen MR) is 293 cm³/mol. The van der Waals surface area contributed by atoms with Gasteiger partial charge in [0.05, 0.1) is 0 Å². The lowest BCUT2D eigenvalue weighted by atomic mass is 9.81. The topological polar surface area (TPSA) is 6.48 Å². The maximum atomic E-state index is 2.48. The van der Waals surface area contributed by atoms with Gasteiger partial charge in [0, 0.05) is 39.5 Å². The van der Waals surface area contributed by atoms with E-state index >= 15 is 0 Å². The van der Waals surface area contributed by atoms with E-state index in [1.54, 1.807) is 0 Å². The first-order valence-electron chi connectivity index (χ1n) is 23.9. The second-order valence-electron chi connectivity index (χ2n) is 18.5. The summed E-state index contributed by atoms with van der Waals surface area (Å²) in [4.78, 5) is 4.88. The molecule has 0 saturated heterocycles. The smallest absolute Gasteiger partial charge is 0.0488 e. The van der Waals surface area contributed by atoms with Gasteiger partial charge in [-0.05, 0) is 144 Å². The van der Waals surface area contributed by atoms with Crippen molar-refractivity contribution in [2.75, 3.05) is 9.80 Å². The van der Waals surface area contributed by atoms with E-state index in [9.17, 15) is 0 Å². The van der Waals surface area contributed by atoms with E-state index in [2.05, 4.69) is 291 Å². The molecule has 2 heteroatoms. The van der Waals surface area contributed by atoms with Gasteiger partial charge in [0.1, 0.15) is 0 Å². The summed E-state index contributed by atoms with van der Waals surface area (Å²) in [5.41, 5.74) is 21.0. The molecule has 0 radical (unpaired) electrons. The molecular weight excluding hydrogens is 833 g/mol. The third-order valence-corrected chi connectivity index (χ3v) is 14.0. The number of hydrogen-bond donors (Lipinski definition) is 0. The number of para-hydroxylation sites is 2. The maximum Gasteiger partial charge on any atom is 0.0488 e. The zero-order valence-electron chi connectivity index (χ0n) is 38.8. The molecule has 2 nitrogen and oxygen atoms in total. The van der Waals surface area contributed by atoms with Crippen LogP contribution in [0.5, 0.6) is 0 Å². The van der Waals surface area contributed by atoms with E-state index in [-0.39, 0.29) is 5.41 Å². The molecule has 0 unspecified atom stereocenters. The largest absolute Gasteiger partial charge is 0.310 e. The molecule has 0 amide bonds. The molecule has 11 aromatic carbocycles. The van der Waals surface area contributed by atoms with Crippen LogP contribution in [0.3, 0.4) is 0 Å². The fourth-order valence-corrected chi connectivity index (χ4v) is 10.7.